The quantitative estimate of drug-likeness (QED) is 0.520. The van der Waals surface area contributed by atoms with Gasteiger partial charge in [-0.25, -0.2) is 18.6 Å². The molecule has 1 aliphatic heterocycles. The molecule has 9 heteroatoms. The van der Waals surface area contributed by atoms with E-state index in [4.69, 9.17) is 4.74 Å². The zero-order valence-corrected chi connectivity index (χ0v) is 19.6. The number of amides is 1. The summed E-state index contributed by atoms with van der Waals surface area (Å²) in [5, 5.41) is 3.24. The Morgan fingerprint density at radius 1 is 1.31 bits per heavy atom. The van der Waals surface area contributed by atoms with Crippen molar-refractivity contribution in [3.63, 3.8) is 0 Å². The summed E-state index contributed by atoms with van der Waals surface area (Å²) in [6.45, 7) is 5.94. The summed E-state index contributed by atoms with van der Waals surface area (Å²) in [7, 11) is 0. The molecule has 0 spiro atoms. The van der Waals surface area contributed by atoms with Crippen molar-refractivity contribution in [2.24, 2.45) is 0 Å². The Labute approximate surface area is 185 Å². The molecule has 3 rings (SSSR count). The standard InChI is InChI=1S/C20H23Br2F2N3O2/c1-20(2,3)29-19(28)27(15-8-9-25-10-13(15)24)16-7-5-12(23)11-4-6-14(18(21)22)26-17(11)16/h4-7,13,15,18,25H,8-10H2,1-3H3/t13-,15+/m0/s1. The summed E-state index contributed by atoms with van der Waals surface area (Å²) in [5.74, 6) is -0.463. The number of nitrogens with zero attached hydrogens (tertiary/aromatic N) is 2. The minimum absolute atomic E-state index is 0.132. The second kappa shape index (κ2) is 8.81. The number of fused-ring (bicyclic) bond motifs is 1. The molecular weight excluding hydrogens is 512 g/mol. The van der Waals surface area contributed by atoms with Crippen molar-refractivity contribution in [2.75, 3.05) is 18.0 Å². The Kier molecular flexibility index (Phi) is 6.80. The fraction of sp³-hybridized carbons (Fsp3) is 0.500. The van der Waals surface area contributed by atoms with Gasteiger partial charge in [0.25, 0.3) is 0 Å². The first kappa shape index (κ1) is 22.4. The molecular formula is C20H23Br2F2N3O2. The van der Waals surface area contributed by atoms with E-state index in [1.807, 2.05) is 0 Å². The Hall–Kier alpha value is -1.32. The molecule has 29 heavy (non-hydrogen) atoms. The van der Waals surface area contributed by atoms with Crippen molar-refractivity contribution >= 4 is 54.5 Å². The third-order valence-electron chi connectivity index (χ3n) is 4.58. The molecule has 0 saturated carbocycles. The summed E-state index contributed by atoms with van der Waals surface area (Å²) in [5.41, 5.74) is 0.450. The fourth-order valence-corrected chi connectivity index (χ4v) is 3.83. The van der Waals surface area contributed by atoms with E-state index in [1.165, 1.54) is 17.0 Å². The summed E-state index contributed by atoms with van der Waals surface area (Å²) in [4.78, 5) is 19.0. The van der Waals surface area contributed by atoms with Gasteiger partial charge in [0.2, 0.25) is 0 Å². The lowest BCUT2D eigenvalue weighted by atomic mass is 10.0. The van der Waals surface area contributed by atoms with Crippen LogP contribution in [0.15, 0.2) is 24.3 Å². The molecule has 0 bridgehead atoms. The van der Waals surface area contributed by atoms with Crippen LogP contribution in [0.25, 0.3) is 10.9 Å². The molecule has 1 fully saturated rings. The van der Waals surface area contributed by atoms with Gasteiger partial charge in [0.15, 0.2) is 0 Å². The highest BCUT2D eigenvalue weighted by Crippen LogP contribution is 2.35. The van der Waals surface area contributed by atoms with Crippen molar-refractivity contribution < 1.29 is 18.3 Å². The zero-order chi connectivity index (χ0) is 21.3. The van der Waals surface area contributed by atoms with Crippen LogP contribution in [-0.2, 0) is 4.74 Å². The van der Waals surface area contributed by atoms with Gasteiger partial charge in [-0.3, -0.25) is 4.90 Å². The van der Waals surface area contributed by atoms with Crippen molar-refractivity contribution in [1.29, 1.82) is 0 Å². The van der Waals surface area contributed by atoms with E-state index in [9.17, 15) is 13.6 Å². The summed E-state index contributed by atoms with van der Waals surface area (Å²) in [6, 6.07) is 5.28. The molecule has 0 unspecified atom stereocenters. The normalized spacial score (nSPS) is 20.1. The van der Waals surface area contributed by atoms with Gasteiger partial charge < -0.3 is 10.1 Å². The number of ether oxygens (including phenoxy) is 1. The first-order valence-corrected chi connectivity index (χ1v) is 11.2. The van der Waals surface area contributed by atoms with Crippen molar-refractivity contribution in [2.45, 2.75) is 48.7 Å². The second-order valence-corrected chi connectivity index (χ2v) is 11.0. The molecule has 2 atom stereocenters. The first-order valence-electron chi connectivity index (χ1n) is 9.33. The molecule has 1 aliphatic rings. The van der Waals surface area contributed by atoms with Crippen LogP contribution in [0.4, 0.5) is 19.3 Å². The molecule has 158 valence electrons. The molecule has 5 nitrogen and oxygen atoms in total. The van der Waals surface area contributed by atoms with Crippen molar-refractivity contribution in [3.05, 3.63) is 35.8 Å². The summed E-state index contributed by atoms with van der Waals surface area (Å²) >= 11 is 6.78. The topological polar surface area (TPSA) is 54.5 Å². The SMILES string of the molecule is CC(C)(C)OC(=O)N(c1ccc(F)c2ccc(C(Br)Br)nc12)[C@@H]1CCNC[C@@H]1F. The molecule has 0 aliphatic carbocycles. The molecule has 1 aromatic carbocycles. The van der Waals surface area contributed by atoms with Crippen LogP contribution in [0.5, 0.6) is 0 Å². The summed E-state index contributed by atoms with van der Waals surface area (Å²) in [6.07, 6.45) is -1.57. The number of hydrogen-bond donors (Lipinski definition) is 1. The molecule has 0 radical (unpaired) electrons. The number of halogens is 4. The van der Waals surface area contributed by atoms with Crippen LogP contribution in [0.2, 0.25) is 0 Å². The van der Waals surface area contributed by atoms with E-state index in [2.05, 4.69) is 42.2 Å². The Morgan fingerprint density at radius 2 is 2.03 bits per heavy atom. The van der Waals surface area contributed by atoms with E-state index in [-0.39, 0.29) is 21.2 Å². The number of carbonyl (C=O) groups excluding carboxylic acids is 1. The number of anilines is 1. The number of carbonyl (C=O) groups is 1. The molecule has 1 amide bonds. The highest BCUT2D eigenvalue weighted by molar-refractivity contribution is 9.24. The van der Waals surface area contributed by atoms with E-state index >= 15 is 0 Å². The van der Waals surface area contributed by atoms with E-state index in [0.717, 1.165) is 0 Å². The minimum atomic E-state index is -1.29. The van der Waals surface area contributed by atoms with Crippen LogP contribution in [0.1, 0.15) is 36.6 Å². The number of alkyl halides is 3. The van der Waals surface area contributed by atoms with Gasteiger partial charge in [-0.15, -0.1) is 0 Å². The molecule has 2 heterocycles. The maximum atomic E-state index is 14.8. The zero-order valence-electron chi connectivity index (χ0n) is 16.4. The summed E-state index contributed by atoms with van der Waals surface area (Å²) < 4.78 is 34.6. The van der Waals surface area contributed by atoms with Gasteiger partial charge >= 0.3 is 6.09 Å². The Balaban J connectivity index is 2.18. The number of rotatable bonds is 3. The fourth-order valence-electron chi connectivity index (χ4n) is 3.32. The van der Waals surface area contributed by atoms with Crippen LogP contribution in [0, 0.1) is 5.82 Å². The van der Waals surface area contributed by atoms with Crippen molar-refractivity contribution in [1.82, 2.24) is 10.3 Å². The van der Waals surface area contributed by atoms with Gasteiger partial charge in [0, 0.05) is 11.9 Å². The first-order chi connectivity index (χ1) is 13.6. The van der Waals surface area contributed by atoms with Gasteiger partial charge in [-0.05, 0) is 58.0 Å². The second-order valence-electron chi connectivity index (χ2n) is 7.93. The number of nitrogens with one attached hydrogen (secondary N) is 1. The smallest absolute Gasteiger partial charge is 0.415 e. The number of pyridine rings is 1. The molecule has 1 saturated heterocycles. The minimum Gasteiger partial charge on any atom is -0.443 e. The third kappa shape index (κ3) is 5.06. The van der Waals surface area contributed by atoms with Crippen LogP contribution >= 0.6 is 31.9 Å². The number of hydrogen-bond acceptors (Lipinski definition) is 4. The predicted octanol–water partition coefficient (Wildman–Crippen LogP) is 5.60. The predicted molar refractivity (Wildman–Crippen MR) is 117 cm³/mol. The number of piperidine rings is 1. The van der Waals surface area contributed by atoms with E-state index < -0.39 is 29.7 Å². The van der Waals surface area contributed by atoms with E-state index in [1.54, 1.807) is 32.9 Å². The third-order valence-corrected chi connectivity index (χ3v) is 5.52. The highest BCUT2D eigenvalue weighted by Gasteiger charge is 2.37. The van der Waals surface area contributed by atoms with Crippen LogP contribution in [0.3, 0.4) is 0 Å². The molecule has 1 aromatic heterocycles. The lowest BCUT2D eigenvalue weighted by molar-refractivity contribution is 0.0535. The molecule has 1 N–H and O–H groups in total. The largest absolute Gasteiger partial charge is 0.443 e. The van der Waals surface area contributed by atoms with Gasteiger partial charge in [0.05, 0.1) is 22.9 Å². The average Bonchev–Trinajstić information content (AvgIpc) is 2.63. The molecule has 2 aromatic rings. The number of aromatic nitrogens is 1. The maximum Gasteiger partial charge on any atom is 0.415 e. The van der Waals surface area contributed by atoms with Crippen LogP contribution < -0.4 is 10.2 Å². The number of benzene rings is 1. The Bertz CT molecular complexity index is 905. The van der Waals surface area contributed by atoms with Crippen molar-refractivity contribution in [3.8, 4) is 0 Å². The monoisotopic (exact) mass is 533 g/mol. The average molecular weight is 535 g/mol. The van der Waals surface area contributed by atoms with Gasteiger partial charge in [-0.1, -0.05) is 31.9 Å². The van der Waals surface area contributed by atoms with Gasteiger partial charge in [0.1, 0.15) is 21.3 Å². The van der Waals surface area contributed by atoms with Crippen LogP contribution in [-0.4, -0.2) is 42.0 Å². The lowest BCUT2D eigenvalue weighted by Crippen LogP contribution is -2.54. The highest BCUT2D eigenvalue weighted by atomic mass is 79.9. The maximum absolute atomic E-state index is 14.8. The van der Waals surface area contributed by atoms with E-state index in [0.29, 0.717) is 24.3 Å². The van der Waals surface area contributed by atoms with Gasteiger partial charge in [-0.2, -0.15) is 0 Å². The Morgan fingerprint density at radius 3 is 2.66 bits per heavy atom. The lowest BCUT2D eigenvalue weighted by Gasteiger charge is -2.37.